The minimum absolute atomic E-state index is 0.0374. The molecule has 1 N–H and O–H groups in total. The molecule has 1 saturated carbocycles. The third-order valence-electron chi connectivity index (χ3n) is 5.20. The highest BCUT2D eigenvalue weighted by Gasteiger charge is 2.48. The summed E-state index contributed by atoms with van der Waals surface area (Å²) in [5.41, 5.74) is 1.42. The highest BCUT2D eigenvalue weighted by atomic mass is 32.2. The Bertz CT molecular complexity index is 793. The molecule has 0 bridgehead atoms. The number of nitrogens with zero attached hydrogens (tertiary/aromatic N) is 3. The van der Waals surface area contributed by atoms with Crippen LogP contribution in [0.3, 0.4) is 0 Å². The van der Waals surface area contributed by atoms with Gasteiger partial charge in [0.05, 0.1) is 16.7 Å². The fraction of sp³-hybridized carbons (Fsp3) is 0.688. The molecule has 25 heavy (non-hydrogen) atoms. The van der Waals surface area contributed by atoms with Crippen molar-refractivity contribution in [2.45, 2.75) is 29.8 Å². The molecule has 1 aliphatic carbocycles. The Hall–Kier alpha value is -1.74. The summed E-state index contributed by atoms with van der Waals surface area (Å²) in [6.45, 7) is 1.38. The van der Waals surface area contributed by atoms with Crippen LogP contribution in [0.15, 0.2) is 6.20 Å². The van der Waals surface area contributed by atoms with Crippen LogP contribution in [-0.2, 0) is 25.1 Å². The Labute approximate surface area is 146 Å². The van der Waals surface area contributed by atoms with Crippen molar-refractivity contribution in [3.63, 3.8) is 0 Å². The zero-order valence-electron chi connectivity index (χ0n) is 14.1. The standard InChI is InChI=1S/C16H22N4O4S/c1-24-8-14(21)20-6-12-13(7-20)25(22,23)9-11-5-18-16(19-15(11)12)17-4-10-2-3-10/h5,10,12-13H,2-4,6-9H2,1H3,(H,17,18,19)/t12-,13-/m0/s1. The number of likely N-dealkylation sites (tertiary alicyclic amines) is 1. The number of aromatic nitrogens is 2. The molecule has 1 amide bonds. The quantitative estimate of drug-likeness (QED) is 0.792. The van der Waals surface area contributed by atoms with Gasteiger partial charge in [0.15, 0.2) is 9.84 Å². The molecular formula is C16H22N4O4S. The number of hydrogen-bond donors (Lipinski definition) is 1. The van der Waals surface area contributed by atoms with E-state index in [2.05, 4.69) is 15.3 Å². The van der Waals surface area contributed by atoms with Crippen LogP contribution in [0.5, 0.6) is 0 Å². The lowest BCUT2D eigenvalue weighted by Crippen LogP contribution is -2.36. The average Bonchev–Trinajstić information content (AvgIpc) is 3.28. The molecule has 3 heterocycles. The molecule has 0 aromatic carbocycles. The van der Waals surface area contributed by atoms with Gasteiger partial charge >= 0.3 is 0 Å². The van der Waals surface area contributed by atoms with Crippen molar-refractivity contribution >= 4 is 21.7 Å². The van der Waals surface area contributed by atoms with E-state index in [1.807, 2.05) is 0 Å². The maximum atomic E-state index is 12.6. The van der Waals surface area contributed by atoms with Crippen molar-refractivity contribution in [1.29, 1.82) is 0 Å². The molecule has 1 aromatic rings. The molecule has 1 aromatic heterocycles. The number of ether oxygens (including phenoxy) is 1. The lowest BCUT2D eigenvalue weighted by Gasteiger charge is -2.26. The van der Waals surface area contributed by atoms with Crippen molar-refractivity contribution < 1.29 is 17.9 Å². The number of nitrogens with one attached hydrogen (secondary N) is 1. The van der Waals surface area contributed by atoms with Crippen LogP contribution in [0.2, 0.25) is 0 Å². The van der Waals surface area contributed by atoms with Crippen molar-refractivity contribution in [2.24, 2.45) is 5.92 Å². The maximum absolute atomic E-state index is 12.6. The molecule has 0 spiro atoms. The number of sulfone groups is 1. The number of hydrogen-bond acceptors (Lipinski definition) is 7. The summed E-state index contributed by atoms with van der Waals surface area (Å²) in [6.07, 6.45) is 4.08. The first-order valence-corrected chi connectivity index (χ1v) is 10.3. The third-order valence-corrected chi connectivity index (χ3v) is 7.31. The van der Waals surface area contributed by atoms with E-state index >= 15 is 0 Å². The zero-order chi connectivity index (χ0) is 17.6. The van der Waals surface area contributed by atoms with E-state index in [4.69, 9.17) is 4.74 Å². The summed E-state index contributed by atoms with van der Waals surface area (Å²) in [7, 11) is -1.86. The van der Waals surface area contributed by atoms with Crippen molar-refractivity contribution in [1.82, 2.24) is 14.9 Å². The van der Waals surface area contributed by atoms with E-state index in [0.29, 0.717) is 24.0 Å². The van der Waals surface area contributed by atoms with Gasteiger partial charge in [-0.15, -0.1) is 0 Å². The Morgan fingerprint density at radius 1 is 1.40 bits per heavy atom. The van der Waals surface area contributed by atoms with Crippen LogP contribution in [0.25, 0.3) is 0 Å². The molecule has 8 nitrogen and oxygen atoms in total. The van der Waals surface area contributed by atoms with Crippen LogP contribution in [-0.4, -0.2) is 67.8 Å². The monoisotopic (exact) mass is 366 g/mol. The lowest BCUT2D eigenvalue weighted by molar-refractivity contribution is -0.134. The summed E-state index contributed by atoms with van der Waals surface area (Å²) in [6, 6.07) is 0. The molecule has 136 valence electrons. The van der Waals surface area contributed by atoms with Gasteiger partial charge in [-0.2, -0.15) is 0 Å². The van der Waals surface area contributed by atoms with Gasteiger partial charge in [-0.3, -0.25) is 4.79 Å². The predicted octanol–water partition coefficient (Wildman–Crippen LogP) is 0.168. The summed E-state index contributed by atoms with van der Waals surface area (Å²) in [5, 5.41) is 2.65. The molecule has 2 aliphatic heterocycles. The third kappa shape index (κ3) is 3.22. The topological polar surface area (TPSA) is 101 Å². The molecule has 0 radical (unpaired) electrons. The first kappa shape index (κ1) is 16.7. The summed E-state index contributed by atoms with van der Waals surface area (Å²) in [4.78, 5) is 22.6. The van der Waals surface area contributed by atoms with E-state index in [-0.39, 0.29) is 30.7 Å². The van der Waals surface area contributed by atoms with Crippen LogP contribution in [0, 0.1) is 5.92 Å². The predicted molar refractivity (Wildman–Crippen MR) is 90.9 cm³/mol. The highest BCUT2D eigenvalue weighted by Crippen LogP contribution is 2.39. The first-order valence-electron chi connectivity index (χ1n) is 8.56. The highest BCUT2D eigenvalue weighted by molar-refractivity contribution is 7.91. The van der Waals surface area contributed by atoms with E-state index < -0.39 is 15.1 Å². The largest absolute Gasteiger partial charge is 0.375 e. The number of carbonyl (C=O) groups excluding carboxylic acids is 1. The fourth-order valence-corrected chi connectivity index (χ4v) is 5.63. The Balaban J connectivity index is 1.61. The van der Waals surface area contributed by atoms with Gasteiger partial charge in [-0.25, -0.2) is 18.4 Å². The summed E-state index contributed by atoms with van der Waals surface area (Å²) >= 11 is 0. The average molecular weight is 366 g/mol. The second-order valence-corrected chi connectivity index (χ2v) is 9.33. The van der Waals surface area contributed by atoms with Gasteiger partial charge in [0.1, 0.15) is 6.61 Å². The number of carbonyl (C=O) groups is 1. The molecule has 4 rings (SSSR count). The zero-order valence-corrected chi connectivity index (χ0v) is 15.0. The normalized spacial score (nSPS) is 26.8. The summed E-state index contributed by atoms with van der Waals surface area (Å²) in [5.74, 6) is 0.708. The number of methoxy groups -OCH3 is 1. The van der Waals surface area contributed by atoms with Gasteiger partial charge in [-0.1, -0.05) is 0 Å². The number of amides is 1. The van der Waals surface area contributed by atoms with Gasteiger partial charge in [0.2, 0.25) is 11.9 Å². The van der Waals surface area contributed by atoms with E-state index in [0.717, 1.165) is 12.2 Å². The fourth-order valence-electron chi connectivity index (χ4n) is 3.64. The molecule has 0 unspecified atom stereocenters. The van der Waals surface area contributed by atoms with E-state index in [9.17, 15) is 13.2 Å². The Morgan fingerprint density at radius 2 is 2.20 bits per heavy atom. The smallest absolute Gasteiger partial charge is 0.248 e. The van der Waals surface area contributed by atoms with Crippen LogP contribution in [0.4, 0.5) is 5.95 Å². The van der Waals surface area contributed by atoms with E-state index in [1.54, 1.807) is 11.1 Å². The van der Waals surface area contributed by atoms with Crippen molar-refractivity contribution in [3.8, 4) is 0 Å². The lowest BCUT2D eigenvalue weighted by atomic mass is 10.00. The SMILES string of the molecule is COCC(=O)N1C[C@@H]2c3nc(NCC4CC4)ncc3CS(=O)(=O)[C@H]2C1. The maximum Gasteiger partial charge on any atom is 0.248 e. The van der Waals surface area contributed by atoms with Gasteiger partial charge in [-0.05, 0) is 18.8 Å². The van der Waals surface area contributed by atoms with Crippen molar-refractivity contribution in [2.75, 3.05) is 38.7 Å². The van der Waals surface area contributed by atoms with E-state index in [1.165, 1.54) is 20.0 Å². The van der Waals surface area contributed by atoms with Crippen LogP contribution >= 0.6 is 0 Å². The van der Waals surface area contributed by atoms with Gasteiger partial charge in [0.25, 0.3) is 0 Å². The first-order chi connectivity index (χ1) is 12.0. The number of anilines is 1. The minimum atomic E-state index is -3.32. The number of fused-ring (bicyclic) bond motifs is 3. The van der Waals surface area contributed by atoms with Gasteiger partial charge < -0.3 is 15.0 Å². The second-order valence-electron chi connectivity index (χ2n) is 7.11. The van der Waals surface area contributed by atoms with Gasteiger partial charge in [0, 0.05) is 44.4 Å². The molecule has 3 aliphatic rings. The van der Waals surface area contributed by atoms with Crippen LogP contribution < -0.4 is 5.32 Å². The molecular weight excluding hydrogens is 344 g/mol. The van der Waals surface area contributed by atoms with Crippen LogP contribution in [0.1, 0.15) is 30.0 Å². The summed E-state index contributed by atoms with van der Waals surface area (Å²) < 4.78 is 30.1. The van der Waals surface area contributed by atoms with Crippen molar-refractivity contribution in [3.05, 3.63) is 17.5 Å². The molecule has 2 atom stereocenters. The second kappa shape index (κ2) is 6.21. The number of rotatable bonds is 5. The molecule has 9 heteroatoms. The molecule has 2 fully saturated rings. The minimum Gasteiger partial charge on any atom is -0.375 e. The Kier molecular flexibility index (Phi) is 4.15. The Morgan fingerprint density at radius 3 is 2.92 bits per heavy atom. The molecule has 1 saturated heterocycles.